The van der Waals surface area contributed by atoms with Crippen LogP contribution in [0.2, 0.25) is 0 Å². The zero-order chi connectivity index (χ0) is 14.8. The SMILES string of the molecule is C[C@H](Sc1ncnc2sccc12)C(=O)c1ccc(Br)cc1. The molecule has 0 spiro atoms. The van der Waals surface area contributed by atoms with E-state index in [2.05, 4.69) is 25.9 Å². The van der Waals surface area contributed by atoms with Gasteiger partial charge in [0.05, 0.1) is 5.25 Å². The molecule has 21 heavy (non-hydrogen) atoms. The van der Waals surface area contributed by atoms with E-state index in [1.807, 2.05) is 42.6 Å². The number of aromatic nitrogens is 2. The maximum atomic E-state index is 12.5. The summed E-state index contributed by atoms with van der Waals surface area (Å²) in [6.07, 6.45) is 1.55. The Morgan fingerprint density at radius 3 is 2.76 bits per heavy atom. The smallest absolute Gasteiger partial charge is 0.175 e. The maximum Gasteiger partial charge on any atom is 0.175 e. The van der Waals surface area contributed by atoms with Crippen LogP contribution < -0.4 is 0 Å². The van der Waals surface area contributed by atoms with E-state index in [4.69, 9.17) is 0 Å². The van der Waals surface area contributed by atoms with Crippen molar-refractivity contribution in [3.8, 4) is 0 Å². The lowest BCUT2D eigenvalue weighted by atomic mass is 10.1. The molecule has 3 aromatic rings. The minimum absolute atomic E-state index is 0.106. The molecule has 3 nitrogen and oxygen atoms in total. The summed E-state index contributed by atoms with van der Waals surface area (Å²) in [6, 6.07) is 9.44. The van der Waals surface area contributed by atoms with Crippen molar-refractivity contribution in [2.45, 2.75) is 17.2 Å². The minimum atomic E-state index is -0.191. The van der Waals surface area contributed by atoms with Crippen molar-refractivity contribution < 1.29 is 4.79 Å². The summed E-state index contributed by atoms with van der Waals surface area (Å²) in [5, 5.41) is 3.68. The first-order chi connectivity index (χ1) is 10.1. The fourth-order valence-corrected chi connectivity index (χ4v) is 3.97. The number of thioether (sulfide) groups is 1. The highest BCUT2D eigenvalue weighted by Gasteiger charge is 2.18. The van der Waals surface area contributed by atoms with E-state index in [-0.39, 0.29) is 11.0 Å². The highest BCUT2D eigenvalue weighted by Crippen LogP contribution is 2.31. The number of nitrogens with zero attached hydrogens (tertiary/aromatic N) is 2. The Morgan fingerprint density at radius 1 is 1.24 bits per heavy atom. The lowest BCUT2D eigenvalue weighted by molar-refractivity contribution is 0.0994. The average Bonchev–Trinajstić information content (AvgIpc) is 2.97. The van der Waals surface area contributed by atoms with E-state index in [1.165, 1.54) is 11.8 Å². The molecule has 106 valence electrons. The number of hydrogen-bond acceptors (Lipinski definition) is 5. The van der Waals surface area contributed by atoms with Gasteiger partial charge in [-0.15, -0.1) is 11.3 Å². The summed E-state index contributed by atoms with van der Waals surface area (Å²) < 4.78 is 0.968. The minimum Gasteiger partial charge on any atom is -0.293 e. The van der Waals surface area contributed by atoms with Gasteiger partial charge in [-0.25, -0.2) is 9.97 Å². The van der Waals surface area contributed by atoms with Crippen LogP contribution >= 0.6 is 39.0 Å². The molecule has 0 aliphatic rings. The second-order valence-electron chi connectivity index (χ2n) is 4.45. The number of halogens is 1. The van der Waals surface area contributed by atoms with E-state index >= 15 is 0 Å². The second-order valence-corrected chi connectivity index (χ2v) is 7.59. The first-order valence-electron chi connectivity index (χ1n) is 6.30. The standard InChI is InChI=1S/C15H11BrN2OS2/c1-9(13(19)10-2-4-11(16)5-3-10)21-15-12-6-7-20-14(12)17-8-18-15/h2-9H,1H3/t9-/m0/s1. The third-order valence-electron chi connectivity index (χ3n) is 3.01. The van der Waals surface area contributed by atoms with Gasteiger partial charge in [0.25, 0.3) is 0 Å². The van der Waals surface area contributed by atoms with Gasteiger partial charge in [-0.1, -0.05) is 39.8 Å². The third kappa shape index (κ3) is 3.17. The zero-order valence-corrected chi connectivity index (χ0v) is 14.3. The Labute approximate surface area is 138 Å². The van der Waals surface area contributed by atoms with Crippen LogP contribution in [-0.4, -0.2) is 21.0 Å². The molecule has 0 fully saturated rings. The predicted octanol–water partition coefficient (Wildman–Crippen LogP) is 4.82. The van der Waals surface area contributed by atoms with E-state index in [0.717, 1.165) is 19.7 Å². The number of benzene rings is 1. The summed E-state index contributed by atoms with van der Waals surface area (Å²) in [4.78, 5) is 21.9. The van der Waals surface area contributed by atoms with Gasteiger partial charge < -0.3 is 0 Å². The molecule has 1 aromatic carbocycles. The number of hydrogen-bond donors (Lipinski definition) is 0. The molecule has 6 heteroatoms. The summed E-state index contributed by atoms with van der Waals surface area (Å²) in [5.41, 5.74) is 0.716. The third-order valence-corrected chi connectivity index (χ3v) is 5.48. The first kappa shape index (κ1) is 14.7. The topological polar surface area (TPSA) is 42.9 Å². The number of rotatable bonds is 4. The molecule has 0 saturated heterocycles. The molecule has 0 aliphatic heterocycles. The van der Waals surface area contributed by atoms with Crippen molar-refractivity contribution in [1.82, 2.24) is 9.97 Å². The monoisotopic (exact) mass is 378 g/mol. The number of fused-ring (bicyclic) bond motifs is 1. The van der Waals surface area contributed by atoms with E-state index in [1.54, 1.807) is 17.7 Å². The van der Waals surface area contributed by atoms with Crippen molar-refractivity contribution in [2.24, 2.45) is 0 Å². The number of Topliss-reactive ketones (excluding diaryl/α,β-unsaturated/α-hetero) is 1. The van der Waals surface area contributed by atoms with Crippen molar-refractivity contribution in [2.75, 3.05) is 0 Å². The Hall–Kier alpha value is -1.24. The van der Waals surface area contributed by atoms with E-state index in [0.29, 0.717) is 5.56 Å². The van der Waals surface area contributed by atoms with Crippen LogP contribution in [-0.2, 0) is 0 Å². The van der Waals surface area contributed by atoms with Crippen LogP contribution in [0, 0.1) is 0 Å². The molecule has 0 bridgehead atoms. The Bertz CT molecular complexity index is 786. The first-order valence-corrected chi connectivity index (χ1v) is 8.85. The van der Waals surface area contributed by atoms with Crippen LogP contribution in [0.25, 0.3) is 10.2 Å². The summed E-state index contributed by atoms with van der Waals surface area (Å²) >= 11 is 6.44. The van der Waals surface area contributed by atoms with Crippen molar-refractivity contribution >= 4 is 55.0 Å². The van der Waals surface area contributed by atoms with Crippen molar-refractivity contribution in [3.05, 3.63) is 52.1 Å². The molecular formula is C15H11BrN2OS2. The largest absolute Gasteiger partial charge is 0.293 e. The van der Waals surface area contributed by atoms with Crippen LogP contribution in [0.5, 0.6) is 0 Å². The van der Waals surface area contributed by atoms with Crippen LogP contribution in [0.1, 0.15) is 17.3 Å². The number of ketones is 1. The summed E-state index contributed by atoms with van der Waals surface area (Å²) in [6.45, 7) is 1.91. The number of carbonyl (C=O) groups excluding carboxylic acids is 1. The zero-order valence-electron chi connectivity index (χ0n) is 11.1. The maximum absolute atomic E-state index is 12.5. The molecule has 0 amide bonds. The van der Waals surface area contributed by atoms with Gasteiger partial charge in [0.15, 0.2) is 5.78 Å². The lowest BCUT2D eigenvalue weighted by Gasteiger charge is -2.10. The van der Waals surface area contributed by atoms with Gasteiger partial charge in [0.2, 0.25) is 0 Å². The van der Waals surface area contributed by atoms with Gasteiger partial charge in [-0.2, -0.15) is 0 Å². The van der Waals surface area contributed by atoms with Crippen LogP contribution in [0.3, 0.4) is 0 Å². The Morgan fingerprint density at radius 2 is 2.00 bits per heavy atom. The molecule has 2 aromatic heterocycles. The Balaban J connectivity index is 1.82. The average molecular weight is 379 g/mol. The molecule has 0 saturated carbocycles. The second kappa shape index (κ2) is 6.25. The molecule has 3 rings (SSSR count). The summed E-state index contributed by atoms with van der Waals surface area (Å²) in [5.74, 6) is 0.106. The number of carbonyl (C=O) groups is 1. The molecule has 0 N–H and O–H groups in total. The fraction of sp³-hybridized carbons (Fsp3) is 0.133. The van der Waals surface area contributed by atoms with Crippen molar-refractivity contribution in [1.29, 1.82) is 0 Å². The van der Waals surface area contributed by atoms with E-state index < -0.39 is 0 Å². The number of thiophene rings is 1. The van der Waals surface area contributed by atoms with Gasteiger partial charge in [-0.05, 0) is 30.5 Å². The molecular weight excluding hydrogens is 368 g/mol. The highest BCUT2D eigenvalue weighted by molar-refractivity contribution is 9.10. The molecule has 2 heterocycles. The predicted molar refractivity (Wildman–Crippen MR) is 91.2 cm³/mol. The van der Waals surface area contributed by atoms with Crippen LogP contribution in [0.4, 0.5) is 0 Å². The van der Waals surface area contributed by atoms with Gasteiger partial charge in [0.1, 0.15) is 16.2 Å². The quantitative estimate of drug-likeness (QED) is 0.370. The molecule has 0 unspecified atom stereocenters. The van der Waals surface area contributed by atoms with Gasteiger partial charge >= 0.3 is 0 Å². The normalized spacial score (nSPS) is 12.5. The van der Waals surface area contributed by atoms with Crippen LogP contribution in [0.15, 0.2) is 51.5 Å². The highest BCUT2D eigenvalue weighted by atomic mass is 79.9. The molecule has 1 atom stereocenters. The van der Waals surface area contributed by atoms with Crippen molar-refractivity contribution in [3.63, 3.8) is 0 Å². The van der Waals surface area contributed by atoms with E-state index in [9.17, 15) is 4.79 Å². The molecule has 0 aliphatic carbocycles. The Kier molecular flexibility index (Phi) is 4.37. The summed E-state index contributed by atoms with van der Waals surface area (Å²) in [7, 11) is 0. The van der Waals surface area contributed by atoms with Gasteiger partial charge in [-0.3, -0.25) is 4.79 Å². The van der Waals surface area contributed by atoms with Gasteiger partial charge in [0, 0.05) is 15.4 Å². The fourth-order valence-electron chi connectivity index (χ4n) is 1.93. The molecule has 0 radical (unpaired) electrons. The lowest BCUT2D eigenvalue weighted by Crippen LogP contribution is -2.13.